The lowest BCUT2D eigenvalue weighted by Gasteiger charge is -2.08. The van der Waals surface area contributed by atoms with Gasteiger partial charge in [-0.1, -0.05) is 12.1 Å². The van der Waals surface area contributed by atoms with Crippen LogP contribution in [0.5, 0.6) is 0 Å². The molecule has 3 nitrogen and oxygen atoms in total. The predicted molar refractivity (Wildman–Crippen MR) is 73.5 cm³/mol. The van der Waals surface area contributed by atoms with Crippen molar-refractivity contribution in [2.75, 3.05) is 11.9 Å². The molecule has 2 N–H and O–H groups in total. The van der Waals surface area contributed by atoms with E-state index in [-0.39, 0.29) is 11.5 Å². The molecule has 0 spiro atoms. The molecular formula is C15H13F3N2O. The second kappa shape index (κ2) is 6.78. The van der Waals surface area contributed by atoms with Crippen molar-refractivity contribution in [1.82, 2.24) is 5.32 Å². The minimum Gasteiger partial charge on any atom is -0.338 e. The average Bonchev–Trinajstić information content (AvgIpc) is 2.43. The van der Waals surface area contributed by atoms with Crippen LogP contribution in [0.15, 0.2) is 42.5 Å². The zero-order chi connectivity index (χ0) is 15.2. The molecular weight excluding hydrogens is 281 g/mol. The number of benzene rings is 2. The van der Waals surface area contributed by atoms with Crippen molar-refractivity contribution in [2.45, 2.75) is 6.42 Å². The van der Waals surface area contributed by atoms with Gasteiger partial charge in [-0.25, -0.2) is 18.0 Å². The molecule has 0 bridgehead atoms. The van der Waals surface area contributed by atoms with Gasteiger partial charge in [-0.2, -0.15) is 0 Å². The van der Waals surface area contributed by atoms with Gasteiger partial charge < -0.3 is 10.6 Å². The normalized spacial score (nSPS) is 10.2. The molecule has 0 aliphatic heterocycles. The second-order valence-corrected chi connectivity index (χ2v) is 4.39. The third kappa shape index (κ3) is 4.52. The number of urea groups is 1. The summed E-state index contributed by atoms with van der Waals surface area (Å²) in [4.78, 5) is 11.6. The highest BCUT2D eigenvalue weighted by molar-refractivity contribution is 5.89. The number of nitrogens with one attached hydrogen (secondary N) is 2. The molecule has 0 radical (unpaired) electrons. The third-order valence-electron chi connectivity index (χ3n) is 2.77. The Morgan fingerprint density at radius 1 is 1.00 bits per heavy atom. The number of hydrogen-bond acceptors (Lipinski definition) is 1. The molecule has 0 heterocycles. The maximum Gasteiger partial charge on any atom is 0.319 e. The molecule has 2 rings (SSSR count). The zero-order valence-corrected chi connectivity index (χ0v) is 11.0. The first-order valence-corrected chi connectivity index (χ1v) is 6.29. The SMILES string of the molecule is O=C(NCCc1cccc(F)c1)Nc1ccc(F)c(F)c1. The summed E-state index contributed by atoms with van der Waals surface area (Å²) in [5, 5.41) is 4.92. The van der Waals surface area contributed by atoms with Crippen LogP contribution in [0.1, 0.15) is 5.56 Å². The van der Waals surface area contributed by atoms with Crippen LogP contribution in [-0.2, 0) is 6.42 Å². The number of carbonyl (C=O) groups is 1. The Morgan fingerprint density at radius 3 is 2.52 bits per heavy atom. The smallest absolute Gasteiger partial charge is 0.319 e. The van der Waals surface area contributed by atoms with Crippen molar-refractivity contribution in [3.05, 3.63) is 65.5 Å². The standard InChI is InChI=1S/C15H13F3N2O/c16-11-3-1-2-10(8-11)6-7-19-15(21)20-12-4-5-13(17)14(18)9-12/h1-5,8-9H,6-7H2,(H2,19,20,21). The number of rotatable bonds is 4. The molecule has 0 saturated heterocycles. The van der Waals surface area contributed by atoms with Crippen molar-refractivity contribution in [3.63, 3.8) is 0 Å². The van der Waals surface area contributed by atoms with Crippen molar-refractivity contribution >= 4 is 11.7 Å². The first kappa shape index (κ1) is 14.9. The Morgan fingerprint density at radius 2 is 1.81 bits per heavy atom. The number of halogens is 3. The minimum atomic E-state index is -1.03. The van der Waals surface area contributed by atoms with E-state index in [2.05, 4.69) is 10.6 Å². The molecule has 0 aromatic heterocycles. The van der Waals surface area contributed by atoms with Gasteiger partial charge in [0.2, 0.25) is 0 Å². The molecule has 6 heteroatoms. The van der Waals surface area contributed by atoms with Crippen LogP contribution in [0.4, 0.5) is 23.7 Å². The van der Waals surface area contributed by atoms with Gasteiger partial charge in [0, 0.05) is 18.3 Å². The van der Waals surface area contributed by atoms with Crippen LogP contribution in [0.25, 0.3) is 0 Å². The molecule has 0 aliphatic rings. The Balaban J connectivity index is 1.81. The second-order valence-electron chi connectivity index (χ2n) is 4.39. The highest BCUT2D eigenvalue weighted by Gasteiger charge is 2.05. The maximum absolute atomic E-state index is 13.0. The van der Waals surface area contributed by atoms with Crippen LogP contribution >= 0.6 is 0 Å². The van der Waals surface area contributed by atoms with Gasteiger partial charge in [0.1, 0.15) is 5.82 Å². The molecule has 110 valence electrons. The summed E-state index contributed by atoms with van der Waals surface area (Å²) in [5.41, 5.74) is 0.903. The van der Waals surface area contributed by atoms with Crippen molar-refractivity contribution in [1.29, 1.82) is 0 Å². The van der Waals surface area contributed by atoms with Gasteiger partial charge >= 0.3 is 6.03 Å². The lowest BCUT2D eigenvalue weighted by Crippen LogP contribution is -2.30. The van der Waals surface area contributed by atoms with E-state index < -0.39 is 17.7 Å². The van der Waals surface area contributed by atoms with E-state index in [1.54, 1.807) is 12.1 Å². The lowest BCUT2D eigenvalue weighted by atomic mass is 10.1. The topological polar surface area (TPSA) is 41.1 Å². The molecule has 2 amide bonds. The van der Waals surface area contributed by atoms with E-state index in [1.165, 1.54) is 18.2 Å². The fourth-order valence-corrected chi connectivity index (χ4v) is 1.76. The van der Waals surface area contributed by atoms with E-state index in [9.17, 15) is 18.0 Å². The van der Waals surface area contributed by atoms with Crippen molar-refractivity contribution in [3.8, 4) is 0 Å². The summed E-state index contributed by atoms with van der Waals surface area (Å²) in [6.45, 7) is 0.291. The van der Waals surface area contributed by atoms with E-state index in [4.69, 9.17) is 0 Å². The first-order valence-electron chi connectivity index (χ1n) is 6.29. The van der Waals surface area contributed by atoms with Crippen LogP contribution < -0.4 is 10.6 Å². The predicted octanol–water partition coefficient (Wildman–Crippen LogP) is 3.47. The average molecular weight is 294 g/mol. The summed E-state index contributed by atoms with van der Waals surface area (Å²) in [6.07, 6.45) is 0.461. The molecule has 0 aliphatic carbocycles. The quantitative estimate of drug-likeness (QED) is 0.890. The zero-order valence-electron chi connectivity index (χ0n) is 11.0. The van der Waals surface area contributed by atoms with Gasteiger partial charge in [-0.05, 0) is 36.2 Å². The minimum absolute atomic E-state index is 0.150. The molecule has 0 unspecified atom stereocenters. The molecule has 2 aromatic carbocycles. The Hall–Kier alpha value is -2.50. The fourth-order valence-electron chi connectivity index (χ4n) is 1.76. The Kier molecular flexibility index (Phi) is 4.81. The summed E-state index contributed by atoms with van der Waals surface area (Å²) >= 11 is 0. The van der Waals surface area contributed by atoms with Gasteiger partial charge in [0.05, 0.1) is 0 Å². The highest BCUT2D eigenvalue weighted by atomic mass is 19.2. The van der Waals surface area contributed by atoms with E-state index >= 15 is 0 Å². The summed E-state index contributed by atoms with van der Waals surface area (Å²) < 4.78 is 38.6. The van der Waals surface area contributed by atoms with Gasteiger partial charge in [-0.3, -0.25) is 0 Å². The Bertz CT molecular complexity index is 647. The monoisotopic (exact) mass is 294 g/mol. The number of carbonyl (C=O) groups excluding carboxylic acids is 1. The summed E-state index contributed by atoms with van der Waals surface area (Å²) in [7, 11) is 0. The van der Waals surface area contributed by atoms with Crippen LogP contribution in [0.2, 0.25) is 0 Å². The highest BCUT2D eigenvalue weighted by Crippen LogP contribution is 2.12. The lowest BCUT2D eigenvalue weighted by molar-refractivity contribution is 0.252. The third-order valence-corrected chi connectivity index (χ3v) is 2.77. The van der Waals surface area contributed by atoms with Crippen LogP contribution in [0.3, 0.4) is 0 Å². The maximum atomic E-state index is 13.0. The van der Waals surface area contributed by atoms with Crippen LogP contribution in [0, 0.1) is 17.5 Å². The molecule has 0 saturated carbocycles. The number of amides is 2. The van der Waals surface area contributed by atoms with Gasteiger partial charge in [0.25, 0.3) is 0 Å². The molecule has 2 aromatic rings. The van der Waals surface area contributed by atoms with Gasteiger partial charge in [0.15, 0.2) is 11.6 Å². The van der Waals surface area contributed by atoms with E-state index in [0.717, 1.165) is 17.7 Å². The van der Waals surface area contributed by atoms with Crippen molar-refractivity contribution in [2.24, 2.45) is 0 Å². The molecule has 21 heavy (non-hydrogen) atoms. The molecule has 0 atom stereocenters. The largest absolute Gasteiger partial charge is 0.338 e. The summed E-state index contributed by atoms with van der Waals surface area (Å²) in [5.74, 6) is -2.35. The fraction of sp³-hybridized carbons (Fsp3) is 0.133. The van der Waals surface area contributed by atoms with E-state index in [1.807, 2.05) is 0 Å². The van der Waals surface area contributed by atoms with Gasteiger partial charge in [-0.15, -0.1) is 0 Å². The number of hydrogen-bond donors (Lipinski definition) is 2. The first-order chi connectivity index (χ1) is 10.0. The van der Waals surface area contributed by atoms with E-state index in [0.29, 0.717) is 13.0 Å². The summed E-state index contributed by atoms with van der Waals surface area (Å²) in [6, 6.07) is 8.59. The Labute approximate surface area is 119 Å². The number of anilines is 1. The van der Waals surface area contributed by atoms with Crippen LogP contribution in [-0.4, -0.2) is 12.6 Å². The molecule has 0 fully saturated rings. The van der Waals surface area contributed by atoms with Crippen molar-refractivity contribution < 1.29 is 18.0 Å².